The molecule has 0 radical (unpaired) electrons. The zero-order valence-corrected chi connectivity index (χ0v) is 9.27. The summed E-state index contributed by atoms with van der Waals surface area (Å²) >= 11 is 0. The Morgan fingerprint density at radius 1 is 1.12 bits per heavy atom. The van der Waals surface area contributed by atoms with E-state index in [1.807, 2.05) is 26.0 Å². The number of benzene rings is 1. The van der Waals surface area contributed by atoms with Crippen molar-refractivity contribution in [3.05, 3.63) is 41.6 Å². The summed E-state index contributed by atoms with van der Waals surface area (Å²) in [5.74, 6) is 1.12. The highest BCUT2D eigenvalue weighted by Crippen LogP contribution is 2.21. The quantitative estimate of drug-likeness (QED) is 0.835. The van der Waals surface area contributed by atoms with Gasteiger partial charge in [-0.3, -0.25) is 0 Å². The van der Waals surface area contributed by atoms with Crippen molar-refractivity contribution in [2.45, 2.75) is 13.8 Å². The van der Waals surface area contributed by atoms with Crippen LogP contribution in [0.3, 0.4) is 0 Å². The predicted octanol–water partition coefficient (Wildman–Crippen LogP) is 2.47. The molecule has 1 heterocycles. The first-order valence-electron chi connectivity index (χ1n) is 4.98. The summed E-state index contributed by atoms with van der Waals surface area (Å²) in [6, 6.07) is 7.82. The maximum Gasteiger partial charge on any atom is 0.323 e. The van der Waals surface area contributed by atoms with Crippen molar-refractivity contribution >= 4 is 5.82 Å². The summed E-state index contributed by atoms with van der Waals surface area (Å²) in [5, 5.41) is 0. The molecule has 16 heavy (non-hydrogen) atoms. The second kappa shape index (κ2) is 4.18. The molecule has 0 aliphatic carbocycles. The number of hydrogen-bond donors (Lipinski definition) is 1. The van der Waals surface area contributed by atoms with Gasteiger partial charge in [-0.15, -0.1) is 0 Å². The molecule has 82 valence electrons. The van der Waals surface area contributed by atoms with Gasteiger partial charge >= 0.3 is 6.01 Å². The summed E-state index contributed by atoms with van der Waals surface area (Å²) < 4.78 is 5.52. The minimum Gasteiger partial charge on any atom is -0.424 e. The highest BCUT2D eigenvalue weighted by atomic mass is 16.5. The predicted molar refractivity (Wildman–Crippen MR) is 62.4 cm³/mol. The molecule has 0 unspecified atom stereocenters. The molecule has 0 spiro atoms. The van der Waals surface area contributed by atoms with Crippen LogP contribution >= 0.6 is 0 Å². The van der Waals surface area contributed by atoms with Crippen LogP contribution in [-0.2, 0) is 0 Å². The van der Waals surface area contributed by atoms with Crippen LogP contribution in [0.5, 0.6) is 11.8 Å². The van der Waals surface area contributed by atoms with Crippen molar-refractivity contribution in [1.29, 1.82) is 0 Å². The average molecular weight is 215 g/mol. The Labute approximate surface area is 94.1 Å². The lowest BCUT2D eigenvalue weighted by molar-refractivity contribution is 0.442. The fourth-order valence-corrected chi connectivity index (χ4v) is 1.50. The van der Waals surface area contributed by atoms with E-state index in [9.17, 15) is 0 Å². The van der Waals surface area contributed by atoms with Crippen molar-refractivity contribution in [3.63, 3.8) is 0 Å². The smallest absolute Gasteiger partial charge is 0.323 e. The van der Waals surface area contributed by atoms with Gasteiger partial charge in [0.25, 0.3) is 0 Å². The summed E-state index contributed by atoms with van der Waals surface area (Å²) in [6.07, 6.45) is 1.57. The van der Waals surface area contributed by atoms with Crippen molar-refractivity contribution in [2.75, 3.05) is 5.73 Å². The van der Waals surface area contributed by atoms with E-state index in [0.29, 0.717) is 5.82 Å². The number of rotatable bonds is 2. The number of nitrogen functional groups attached to an aromatic ring is 1. The summed E-state index contributed by atoms with van der Waals surface area (Å²) in [6.45, 7) is 4.03. The Morgan fingerprint density at radius 3 is 2.44 bits per heavy atom. The molecule has 0 fully saturated rings. The Kier molecular flexibility index (Phi) is 2.72. The molecule has 2 N–H and O–H groups in total. The van der Waals surface area contributed by atoms with E-state index in [1.54, 1.807) is 12.3 Å². The molecule has 0 aliphatic rings. The molecule has 1 aromatic heterocycles. The first-order chi connectivity index (χ1) is 7.63. The summed E-state index contributed by atoms with van der Waals surface area (Å²) in [7, 11) is 0. The molecule has 0 bridgehead atoms. The highest BCUT2D eigenvalue weighted by Gasteiger charge is 2.01. The van der Waals surface area contributed by atoms with E-state index in [4.69, 9.17) is 10.5 Å². The molecule has 0 atom stereocenters. The van der Waals surface area contributed by atoms with E-state index in [1.165, 1.54) is 0 Å². The Balaban J connectivity index is 2.27. The number of ether oxygens (including phenoxy) is 1. The molecule has 0 aliphatic heterocycles. The summed E-state index contributed by atoms with van der Waals surface area (Å²) in [5.41, 5.74) is 7.82. The topological polar surface area (TPSA) is 61.0 Å². The second-order valence-corrected chi connectivity index (χ2v) is 3.69. The Hall–Kier alpha value is -2.10. The van der Waals surface area contributed by atoms with Crippen LogP contribution in [0.4, 0.5) is 5.82 Å². The second-order valence-electron chi connectivity index (χ2n) is 3.69. The van der Waals surface area contributed by atoms with Gasteiger partial charge in [0.2, 0.25) is 0 Å². The third-order valence-electron chi connectivity index (χ3n) is 2.06. The van der Waals surface area contributed by atoms with Gasteiger partial charge in [-0.2, -0.15) is 4.98 Å². The molecular formula is C12H13N3O. The van der Waals surface area contributed by atoms with Crippen LogP contribution in [0.15, 0.2) is 30.5 Å². The molecule has 1 aromatic carbocycles. The van der Waals surface area contributed by atoms with Crippen LogP contribution in [0.1, 0.15) is 11.1 Å². The zero-order valence-electron chi connectivity index (χ0n) is 9.27. The monoisotopic (exact) mass is 215 g/mol. The zero-order chi connectivity index (χ0) is 11.5. The van der Waals surface area contributed by atoms with Crippen molar-refractivity contribution < 1.29 is 4.74 Å². The molecule has 2 aromatic rings. The minimum absolute atomic E-state index is 0.269. The van der Waals surface area contributed by atoms with E-state index in [-0.39, 0.29) is 6.01 Å². The van der Waals surface area contributed by atoms with Crippen LogP contribution in [-0.4, -0.2) is 9.97 Å². The van der Waals surface area contributed by atoms with Crippen LogP contribution in [0, 0.1) is 13.8 Å². The first-order valence-corrected chi connectivity index (χ1v) is 4.98. The maximum absolute atomic E-state index is 5.54. The lowest BCUT2D eigenvalue weighted by Gasteiger charge is -2.06. The van der Waals surface area contributed by atoms with Crippen LogP contribution in [0.2, 0.25) is 0 Å². The SMILES string of the molecule is Cc1cc(C)cc(Oc2nccc(N)n2)c1. The molecule has 4 nitrogen and oxygen atoms in total. The van der Waals surface area contributed by atoms with Gasteiger partial charge in [0.15, 0.2) is 0 Å². The van der Waals surface area contributed by atoms with Crippen molar-refractivity contribution in [2.24, 2.45) is 0 Å². The standard InChI is InChI=1S/C12H13N3O/c1-8-5-9(2)7-10(6-8)16-12-14-4-3-11(13)15-12/h3-7H,1-2H3,(H2,13,14,15). The van der Waals surface area contributed by atoms with Crippen molar-refractivity contribution in [3.8, 4) is 11.8 Å². The lowest BCUT2D eigenvalue weighted by Crippen LogP contribution is -1.96. The average Bonchev–Trinajstić information content (AvgIpc) is 2.15. The van der Waals surface area contributed by atoms with Gasteiger partial charge < -0.3 is 10.5 Å². The first kappa shape index (κ1) is 10.4. The highest BCUT2D eigenvalue weighted by molar-refractivity contribution is 5.35. The fraction of sp³-hybridized carbons (Fsp3) is 0.167. The van der Waals surface area contributed by atoms with Gasteiger partial charge in [-0.05, 0) is 43.2 Å². The lowest BCUT2D eigenvalue weighted by atomic mass is 10.1. The number of hydrogen-bond acceptors (Lipinski definition) is 4. The van der Waals surface area contributed by atoms with E-state index in [2.05, 4.69) is 16.0 Å². The Morgan fingerprint density at radius 2 is 1.81 bits per heavy atom. The number of aromatic nitrogens is 2. The van der Waals surface area contributed by atoms with Gasteiger partial charge in [0.05, 0.1) is 0 Å². The van der Waals surface area contributed by atoms with Gasteiger partial charge in [0, 0.05) is 6.20 Å². The number of nitrogens with zero attached hydrogens (tertiary/aromatic N) is 2. The number of aryl methyl sites for hydroxylation is 2. The maximum atomic E-state index is 5.54. The largest absolute Gasteiger partial charge is 0.424 e. The molecule has 2 rings (SSSR count). The third kappa shape index (κ3) is 2.48. The number of anilines is 1. The van der Waals surface area contributed by atoms with Crippen molar-refractivity contribution in [1.82, 2.24) is 9.97 Å². The molecular weight excluding hydrogens is 202 g/mol. The number of nitrogens with two attached hydrogens (primary N) is 1. The van der Waals surface area contributed by atoms with E-state index in [0.717, 1.165) is 16.9 Å². The Bertz CT molecular complexity index is 491. The van der Waals surface area contributed by atoms with Gasteiger partial charge in [0.1, 0.15) is 11.6 Å². The van der Waals surface area contributed by atoms with Crippen LogP contribution in [0.25, 0.3) is 0 Å². The molecule has 4 heteroatoms. The van der Waals surface area contributed by atoms with Crippen LogP contribution < -0.4 is 10.5 Å². The fourth-order valence-electron chi connectivity index (χ4n) is 1.50. The van der Waals surface area contributed by atoms with Gasteiger partial charge in [-0.25, -0.2) is 4.98 Å². The van der Waals surface area contributed by atoms with E-state index >= 15 is 0 Å². The minimum atomic E-state index is 0.269. The molecule has 0 saturated heterocycles. The normalized spacial score (nSPS) is 10.1. The summed E-state index contributed by atoms with van der Waals surface area (Å²) in [4.78, 5) is 7.95. The third-order valence-corrected chi connectivity index (χ3v) is 2.06. The molecule has 0 amide bonds. The molecule has 0 saturated carbocycles. The van der Waals surface area contributed by atoms with E-state index < -0.39 is 0 Å². The van der Waals surface area contributed by atoms with Gasteiger partial charge in [-0.1, -0.05) is 6.07 Å².